The summed E-state index contributed by atoms with van der Waals surface area (Å²) in [6.07, 6.45) is -4.69. The van der Waals surface area contributed by atoms with Crippen LogP contribution in [0, 0.1) is 5.92 Å². The van der Waals surface area contributed by atoms with Crippen LogP contribution in [0.2, 0.25) is 0 Å². The average Bonchev–Trinajstić information content (AvgIpc) is 2.87. The fourth-order valence-electron chi connectivity index (χ4n) is 3.69. The fraction of sp³-hybridized carbons (Fsp3) is 0.737. The lowest BCUT2D eigenvalue weighted by Crippen LogP contribution is -2.57. The Balaban J connectivity index is 1.98. The van der Waals surface area contributed by atoms with E-state index in [9.17, 15) is 23.1 Å². The van der Waals surface area contributed by atoms with Crippen LogP contribution in [0.1, 0.15) is 47.2 Å². The second kappa shape index (κ2) is 7.81. The lowest BCUT2D eigenvalue weighted by Gasteiger charge is -2.42. The summed E-state index contributed by atoms with van der Waals surface area (Å²) in [7, 11) is -1.25. The summed E-state index contributed by atoms with van der Waals surface area (Å²) in [6.45, 7) is 11.3. The van der Waals surface area contributed by atoms with Crippen LogP contribution >= 0.6 is 0 Å². The highest BCUT2D eigenvalue weighted by atomic mass is 19.4. The molecule has 1 N–H and O–H groups in total. The molecule has 12 heteroatoms. The highest BCUT2D eigenvalue weighted by Crippen LogP contribution is 2.38. The highest BCUT2D eigenvalue weighted by molar-refractivity contribution is 6.62. The van der Waals surface area contributed by atoms with Crippen molar-refractivity contribution in [2.75, 3.05) is 24.5 Å². The summed E-state index contributed by atoms with van der Waals surface area (Å²) >= 11 is 0. The van der Waals surface area contributed by atoms with Gasteiger partial charge in [-0.25, -0.2) is 14.8 Å². The first-order chi connectivity index (χ1) is 14.1. The minimum absolute atomic E-state index is 0.0251. The van der Waals surface area contributed by atoms with E-state index in [1.807, 2.05) is 13.8 Å². The van der Waals surface area contributed by atoms with E-state index in [1.165, 1.54) is 4.90 Å². The Hall–Kier alpha value is -2.08. The molecule has 8 nitrogen and oxygen atoms in total. The molecule has 2 fully saturated rings. The van der Waals surface area contributed by atoms with Gasteiger partial charge in [0.05, 0.1) is 17.2 Å². The molecular formula is C19H28BF3N4O4. The summed E-state index contributed by atoms with van der Waals surface area (Å²) in [5.41, 5.74) is -3.01. The van der Waals surface area contributed by atoms with Gasteiger partial charge in [0.15, 0.2) is 0 Å². The molecule has 1 aromatic heterocycles. The van der Waals surface area contributed by atoms with Crippen molar-refractivity contribution in [3.8, 4) is 0 Å². The first-order valence-electron chi connectivity index (χ1n) is 10.2. The van der Waals surface area contributed by atoms with E-state index in [-0.39, 0.29) is 43.0 Å². The predicted octanol–water partition coefficient (Wildman–Crippen LogP) is 2.62. The van der Waals surface area contributed by atoms with Crippen LogP contribution < -0.4 is 10.4 Å². The van der Waals surface area contributed by atoms with Gasteiger partial charge in [-0.2, -0.15) is 13.2 Å². The number of carboxylic acid groups (broad SMARTS) is 1. The molecule has 0 saturated carbocycles. The van der Waals surface area contributed by atoms with Crippen molar-refractivity contribution in [3.05, 3.63) is 11.9 Å². The van der Waals surface area contributed by atoms with Gasteiger partial charge in [0.25, 0.3) is 0 Å². The van der Waals surface area contributed by atoms with Gasteiger partial charge in [0, 0.05) is 31.3 Å². The van der Waals surface area contributed by atoms with Crippen LogP contribution in [0.15, 0.2) is 6.20 Å². The monoisotopic (exact) mass is 444 g/mol. The van der Waals surface area contributed by atoms with Crippen LogP contribution in [0.4, 0.5) is 23.9 Å². The third-order valence-corrected chi connectivity index (χ3v) is 6.30. The molecule has 0 aliphatic carbocycles. The minimum atomic E-state index is -4.74. The SMILES string of the molecule is CC(C)C1CN(C(=O)O)CCN1c1ncc(B2OC(C)(C)C(C)(C)O2)c(C(F)(F)F)n1. The summed E-state index contributed by atoms with van der Waals surface area (Å²) in [6, 6.07) is -0.353. The van der Waals surface area contributed by atoms with Crippen LogP contribution in [0.3, 0.4) is 0 Å². The Bertz CT molecular complexity index is 834. The molecule has 1 atom stereocenters. The Morgan fingerprint density at radius 1 is 1.23 bits per heavy atom. The van der Waals surface area contributed by atoms with Crippen LogP contribution in [-0.4, -0.2) is 70.1 Å². The second-order valence-corrected chi connectivity index (χ2v) is 9.29. The zero-order valence-corrected chi connectivity index (χ0v) is 18.5. The van der Waals surface area contributed by atoms with Gasteiger partial charge in [0.2, 0.25) is 5.95 Å². The summed E-state index contributed by atoms with van der Waals surface area (Å²) < 4.78 is 53.4. The van der Waals surface area contributed by atoms with Gasteiger partial charge < -0.3 is 24.2 Å². The lowest BCUT2D eigenvalue weighted by atomic mass is 9.78. The fourth-order valence-corrected chi connectivity index (χ4v) is 3.69. The van der Waals surface area contributed by atoms with E-state index in [4.69, 9.17) is 9.31 Å². The van der Waals surface area contributed by atoms with Gasteiger partial charge in [-0.3, -0.25) is 0 Å². The number of hydrogen-bond donors (Lipinski definition) is 1. The molecule has 0 bridgehead atoms. The first kappa shape index (κ1) is 23.6. The normalized spacial score (nSPS) is 23.5. The standard InChI is InChI=1S/C19H28BF3N4O4/c1-11(2)13-10-26(16(28)29)7-8-27(13)15-24-9-12(14(25-15)19(21,22)23)20-30-17(3,4)18(5,6)31-20/h9,11,13H,7-8,10H2,1-6H3,(H,28,29). The number of aromatic nitrogens is 2. The molecule has 1 unspecified atom stereocenters. The van der Waals surface area contributed by atoms with E-state index in [2.05, 4.69) is 9.97 Å². The maximum absolute atomic E-state index is 14.0. The molecule has 2 aliphatic heterocycles. The Morgan fingerprint density at radius 3 is 2.29 bits per heavy atom. The zero-order chi connectivity index (χ0) is 23.4. The molecule has 2 aliphatic rings. The summed E-state index contributed by atoms with van der Waals surface area (Å²) in [5, 5.41) is 9.29. The number of amides is 1. The molecular weight excluding hydrogens is 416 g/mol. The van der Waals surface area contributed by atoms with Crippen molar-refractivity contribution in [3.63, 3.8) is 0 Å². The van der Waals surface area contributed by atoms with E-state index < -0.39 is 36.3 Å². The molecule has 0 aromatic carbocycles. The number of alkyl halides is 3. The maximum Gasteiger partial charge on any atom is 0.498 e. The third-order valence-electron chi connectivity index (χ3n) is 6.30. The number of rotatable bonds is 3. The van der Waals surface area contributed by atoms with E-state index >= 15 is 0 Å². The molecule has 2 saturated heterocycles. The quantitative estimate of drug-likeness (QED) is 0.718. The third kappa shape index (κ3) is 4.45. The number of piperazine rings is 1. The molecule has 1 amide bonds. The smallest absolute Gasteiger partial charge is 0.465 e. The van der Waals surface area contributed by atoms with Crippen LogP contribution in [0.25, 0.3) is 0 Å². The molecule has 3 heterocycles. The summed E-state index contributed by atoms with van der Waals surface area (Å²) in [4.78, 5) is 22.3. The van der Waals surface area contributed by atoms with Crippen molar-refractivity contribution in [2.45, 2.75) is 65.0 Å². The molecule has 0 spiro atoms. The van der Waals surface area contributed by atoms with Crippen molar-refractivity contribution < 1.29 is 32.4 Å². The van der Waals surface area contributed by atoms with Crippen molar-refractivity contribution in [2.24, 2.45) is 5.92 Å². The highest BCUT2D eigenvalue weighted by Gasteiger charge is 2.54. The molecule has 0 radical (unpaired) electrons. The van der Waals surface area contributed by atoms with Crippen LogP contribution in [0.5, 0.6) is 0 Å². The number of nitrogens with zero attached hydrogens (tertiary/aromatic N) is 4. The van der Waals surface area contributed by atoms with Crippen LogP contribution in [-0.2, 0) is 15.5 Å². The maximum atomic E-state index is 14.0. The van der Waals surface area contributed by atoms with Crippen molar-refractivity contribution in [1.29, 1.82) is 0 Å². The molecule has 3 rings (SSSR count). The molecule has 31 heavy (non-hydrogen) atoms. The second-order valence-electron chi connectivity index (χ2n) is 9.29. The summed E-state index contributed by atoms with van der Waals surface area (Å²) in [5.74, 6) is -0.112. The largest absolute Gasteiger partial charge is 0.498 e. The number of carbonyl (C=O) groups is 1. The first-order valence-corrected chi connectivity index (χ1v) is 10.2. The lowest BCUT2D eigenvalue weighted by molar-refractivity contribution is -0.140. The van der Waals surface area contributed by atoms with Crippen molar-refractivity contribution >= 4 is 24.6 Å². The number of anilines is 1. The Morgan fingerprint density at radius 2 is 1.81 bits per heavy atom. The zero-order valence-electron chi connectivity index (χ0n) is 18.5. The molecule has 1 aromatic rings. The van der Waals surface area contributed by atoms with Gasteiger partial charge in [-0.05, 0) is 33.6 Å². The Kier molecular flexibility index (Phi) is 5.94. The van der Waals surface area contributed by atoms with Crippen molar-refractivity contribution in [1.82, 2.24) is 14.9 Å². The molecule has 172 valence electrons. The predicted molar refractivity (Wildman–Crippen MR) is 108 cm³/mol. The Labute approximate surface area is 179 Å². The minimum Gasteiger partial charge on any atom is -0.465 e. The van der Waals surface area contributed by atoms with E-state index in [0.717, 1.165) is 6.20 Å². The van der Waals surface area contributed by atoms with E-state index in [1.54, 1.807) is 32.6 Å². The number of halogens is 3. The van der Waals surface area contributed by atoms with Gasteiger partial charge in [-0.1, -0.05) is 13.8 Å². The van der Waals surface area contributed by atoms with Gasteiger partial charge in [-0.15, -0.1) is 0 Å². The topological polar surface area (TPSA) is 88.0 Å². The van der Waals surface area contributed by atoms with Gasteiger partial charge in [0.1, 0.15) is 5.69 Å². The van der Waals surface area contributed by atoms with E-state index in [0.29, 0.717) is 0 Å². The van der Waals surface area contributed by atoms with Gasteiger partial charge >= 0.3 is 19.4 Å². The number of hydrogen-bond acceptors (Lipinski definition) is 6. The average molecular weight is 444 g/mol.